The number of rotatable bonds is 13. The molecule has 14 heteroatoms. The summed E-state index contributed by atoms with van der Waals surface area (Å²) in [5.74, 6) is -1.03. The zero-order chi connectivity index (χ0) is 34.1. The average Bonchev–Trinajstić information content (AvgIpc) is 3.05. The number of carbonyl (C=O) groups excluding carboxylic acids is 3. The van der Waals surface area contributed by atoms with Gasteiger partial charge in [0, 0.05) is 73.6 Å². The minimum atomic E-state index is -1.13. The van der Waals surface area contributed by atoms with Crippen LogP contribution in [0.1, 0.15) is 60.4 Å². The third-order valence-corrected chi connectivity index (χ3v) is 10.0. The Balaban J connectivity index is 1.47. The van der Waals surface area contributed by atoms with E-state index in [9.17, 15) is 18.8 Å². The van der Waals surface area contributed by atoms with Crippen LogP contribution in [0.15, 0.2) is 41.6 Å². The van der Waals surface area contributed by atoms with Gasteiger partial charge in [-0.1, -0.05) is 57.6 Å². The van der Waals surface area contributed by atoms with Gasteiger partial charge in [-0.25, -0.2) is 4.39 Å². The molecule has 0 saturated carbocycles. The molecule has 0 spiro atoms. The molecule has 2 fully saturated rings. The van der Waals surface area contributed by atoms with Gasteiger partial charge in [-0.2, -0.15) is 0 Å². The molecular weight excluding hydrogens is 691 g/mol. The molecule has 47 heavy (non-hydrogen) atoms. The molecule has 2 saturated heterocycles. The van der Waals surface area contributed by atoms with Crippen LogP contribution >= 0.6 is 46.4 Å². The summed E-state index contributed by atoms with van der Waals surface area (Å²) in [7, 11) is 3.20. The summed E-state index contributed by atoms with van der Waals surface area (Å²) < 4.78 is 13.3. The van der Waals surface area contributed by atoms with E-state index in [0.717, 1.165) is 50.9 Å². The van der Waals surface area contributed by atoms with Gasteiger partial charge < -0.3 is 24.9 Å². The van der Waals surface area contributed by atoms with Gasteiger partial charge >= 0.3 is 0 Å². The van der Waals surface area contributed by atoms with Crippen molar-refractivity contribution in [3.63, 3.8) is 0 Å². The molecule has 0 bridgehead atoms. The Morgan fingerprint density at radius 3 is 2.38 bits per heavy atom. The summed E-state index contributed by atoms with van der Waals surface area (Å²) in [4.78, 5) is 49.2. The van der Waals surface area contributed by atoms with Crippen LogP contribution in [0.2, 0.25) is 20.1 Å². The first-order valence-electron chi connectivity index (χ1n) is 15.6. The predicted molar refractivity (Wildman–Crippen MR) is 184 cm³/mol. The summed E-state index contributed by atoms with van der Waals surface area (Å²) in [5.41, 5.74) is 1.53. The highest BCUT2D eigenvalue weighted by atomic mass is 35.5. The van der Waals surface area contributed by atoms with Crippen LogP contribution in [0.25, 0.3) is 0 Å². The Labute approximate surface area is 295 Å². The number of nitrogens with zero attached hydrogens (tertiary/aromatic N) is 4. The maximum absolute atomic E-state index is 13.3. The first-order chi connectivity index (χ1) is 22.5. The van der Waals surface area contributed by atoms with Gasteiger partial charge in [-0.3, -0.25) is 14.4 Å². The van der Waals surface area contributed by atoms with Crippen molar-refractivity contribution in [3.05, 3.63) is 67.6 Å². The van der Waals surface area contributed by atoms with Crippen LogP contribution in [-0.2, 0) is 14.4 Å². The number of nitrogens with one attached hydrogen (secondary N) is 1. The van der Waals surface area contributed by atoms with Crippen molar-refractivity contribution in [2.75, 3.05) is 53.7 Å². The van der Waals surface area contributed by atoms with E-state index in [2.05, 4.69) is 15.4 Å². The molecule has 0 aliphatic carbocycles. The molecule has 0 aromatic heterocycles. The molecule has 0 radical (unpaired) electrons. The molecule has 2 heterocycles. The van der Waals surface area contributed by atoms with Gasteiger partial charge in [-0.15, -0.1) is 0 Å². The molecular formula is C33H40Cl4FN5O4. The summed E-state index contributed by atoms with van der Waals surface area (Å²) in [6.07, 6.45) is 4.07. The van der Waals surface area contributed by atoms with Crippen LogP contribution in [0.3, 0.4) is 0 Å². The van der Waals surface area contributed by atoms with Gasteiger partial charge in [0.2, 0.25) is 11.8 Å². The van der Waals surface area contributed by atoms with Crippen LogP contribution < -0.4 is 5.32 Å². The van der Waals surface area contributed by atoms with Crippen molar-refractivity contribution in [1.82, 2.24) is 20.0 Å². The van der Waals surface area contributed by atoms with Crippen LogP contribution in [-0.4, -0.2) is 97.9 Å². The van der Waals surface area contributed by atoms with Crippen molar-refractivity contribution in [2.45, 2.75) is 50.5 Å². The summed E-state index contributed by atoms with van der Waals surface area (Å²) in [6.45, 7) is 1.85. The third-order valence-electron chi connectivity index (χ3n) is 8.86. The lowest BCUT2D eigenvalue weighted by atomic mass is 9.89. The van der Waals surface area contributed by atoms with Gasteiger partial charge in [0.05, 0.1) is 22.3 Å². The second-order valence-electron chi connectivity index (χ2n) is 12.0. The fourth-order valence-corrected chi connectivity index (χ4v) is 7.23. The van der Waals surface area contributed by atoms with E-state index in [1.807, 2.05) is 11.0 Å². The average molecular weight is 732 g/mol. The molecule has 2 aliphatic heterocycles. The topological polar surface area (TPSA) is 94.6 Å². The number of carbonyl (C=O) groups is 3. The van der Waals surface area contributed by atoms with E-state index in [1.54, 1.807) is 32.3 Å². The molecule has 1 N–H and O–H groups in total. The smallest absolute Gasteiger partial charge is 0.255 e. The number of amides is 3. The Morgan fingerprint density at radius 2 is 1.74 bits per heavy atom. The largest absolute Gasteiger partial charge is 0.362 e. The SMILES string of the molecule is CNC(=O)CC1CCCN(C2CCN(CCC(/C(CN(C)C(=O)c3cc(Cl)cc(Cl)c3)=N/OCF)c3ccc(Cl)c(Cl)c3)CC2)C1=O. The maximum atomic E-state index is 13.3. The van der Waals surface area contributed by atoms with Crippen molar-refractivity contribution in [1.29, 1.82) is 0 Å². The lowest BCUT2D eigenvalue weighted by Gasteiger charge is -2.42. The highest BCUT2D eigenvalue weighted by Crippen LogP contribution is 2.32. The first kappa shape index (κ1) is 37.2. The lowest BCUT2D eigenvalue weighted by molar-refractivity contribution is -0.144. The van der Waals surface area contributed by atoms with Crippen molar-refractivity contribution in [3.8, 4) is 0 Å². The Bertz CT molecular complexity index is 1440. The number of likely N-dealkylation sites (tertiary alicyclic amines) is 2. The number of oxime groups is 1. The molecule has 2 aromatic carbocycles. The monoisotopic (exact) mass is 729 g/mol. The molecule has 4 rings (SSSR count). The van der Waals surface area contributed by atoms with E-state index in [0.29, 0.717) is 44.3 Å². The number of piperidine rings is 2. The van der Waals surface area contributed by atoms with E-state index in [4.69, 9.17) is 51.2 Å². The van der Waals surface area contributed by atoms with Gasteiger partial charge in [0.25, 0.3) is 12.8 Å². The van der Waals surface area contributed by atoms with Crippen LogP contribution in [0, 0.1) is 5.92 Å². The van der Waals surface area contributed by atoms with Gasteiger partial charge in [0.15, 0.2) is 0 Å². The molecule has 3 amide bonds. The second-order valence-corrected chi connectivity index (χ2v) is 13.7. The van der Waals surface area contributed by atoms with Gasteiger partial charge in [0.1, 0.15) is 0 Å². The van der Waals surface area contributed by atoms with Crippen LogP contribution in [0.4, 0.5) is 4.39 Å². The van der Waals surface area contributed by atoms with E-state index >= 15 is 0 Å². The zero-order valence-electron chi connectivity index (χ0n) is 26.5. The Hall–Kier alpha value is -2.63. The Morgan fingerprint density at radius 1 is 1.04 bits per heavy atom. The van der Waals surface area contributed by atoms with Gasteiger partial charge in [-0.05, 0) is 74.5 Å². The quantitative estimate of drug-likeness (QED) is 0.183. The standard InChI is InChI=1S/C33H40Cl4FN5O4/c1-39-31(44)17-22-4-3-10-43(33(22)46)26-7-11-42(12-8-26)13-9-27(21-5-6-28(36)29(37)16-21)30(40-47-20-38)19-41(2)32(45)23-14-24(34)18-25(35)15-23/h5-6,14-16,18,22,26-27H,3-4,7-13,17,19-20H2,1-2H3,(H,39,44)/b40-30+. The fraction of sp³-hybridized carbons (Fsp3) is 0.515. The Kier molecular flexibility index (Phi) is 14.0. The molecule has 2 atom stereocenters. The third kappa shape index (κ3) is 10.2. The maximum Gasteiger partial charge on any atom is 0.255 e. The molecule has 2 aliphatic rings. The minimum absolute atomic E-state index is 0.0320. The normalized spacial score (nSPS) is 18.6. The lowest BCUT2D eigenvalue weighted by Crippen LogP contribution is -2.52. The van der Waals surface area contributed by atoms with Crippen molar-refractivity contribution >= 4 is 69.8 Å². The van der Waals surface area contributed by atoms with E-state index < -0.39 is 6.86 Å². The molecule has 2 aromatic rings. The highest BCUT2D eigenvalue weighted by Gasteiger charge is 2.36. The van der Waals surface area contributed by atoms with Crippen molar-refractivity contribution < 1.29 is 23.6 Å². The minimum Gasteiger partial charge on any atom is -0.362 e. The fourth-order valence-electron chi connectivity index (χ4n) is 6.40. The highest BCUT2D eigenvalue weighted by molar-refractivity contribution is 6.42. The second kappa shape index (κ2) is 17.7. The predicted octanol–water partition coefficient (Wildman–Crippen LogP) is 6.68. The van der Waals surface area contributed by atoms with E-state index in [1.165, 1.54) is 17.0 Å². The number of benzene rings is 2. The van der Waals surface area contributed by atoms with Crippen LogP contribution in [0.5, 0.6) is 0 Å². The number of hydrogen-bond donors (Lipinski definition) is 1. The van der Waals surface area contributed by atoms with Crippen molar-refractivity contribution in [2.24, 2.45) is 11.1 Å². The van der Waals surface area contributed by atoms with E-state index in [-0.39, 0.29) is 48.6 Å². The first-order valence-corrected chi connectivity index (χ1v) is 17.2. The molecule has 2 unspecified atom stereocenters. The summed E-state index contributed by atoms with van der Waals surface area (Å²) >= 11 is 24.9. The molecule has 9 nitrogen and oxygen atoms in total. The number of halogens is 5. The summed E-state index contributed by atoms with van der Waals surface area (Å²) in [6, 6.07) is 10.0. The molecule has 256 valence electrons. The number of hydrogen-bond acceptors (Lipinski definition) is 6. The number of alkyl halides is 1. The summed E-state index contributed by atoms with van der Waals surface area (Å²) in [5, 5.41) is 8.17. The zero-order valence-corrected chi connectivity index (χ0v) is 29.5.